The SMILES string of the molecule is CC(C)[C@H](N)C(=O)Nc1ccc(F)c([N+](=O)[O-])c1. The summed E-state index contributed by atoms with van der Waals surface area (Å²) >= 11 is 0. The van der Waals surface area contributed by atoms with Crippen molar-refractivity contribution in [2.75, 3.05) is 5.32 Å². The van der Waals surface area contributed by atoms with Crippen LogP contribution in [0.3, 0.4) is 0 Å². The van der Waals surface area contributed by atoms with Gasteiger partial charge in [-0.25, -0.2) is 0 Å². The van der Waals surface area contributed by atoms with Crippen molar-refractivity contribution in [3.63, 3.8) is 0 Å². The van der Waals surface area contributed by atoms with Gasteiger partial charge in [0.15, 0.2) is 0 Å². The number of nitro benzene ring substituents is 1. The summed E-state index contributed by atoms with van der Waals surface area (Å²) in [5, 5.41) is 12.9. The van der Waals surface area contributed by atoms with Gasteiger partial charge in [0, 0.05) is 11.8 Å². The molecule has 1 amide bonds. The molecule has 0 radical (unpaired) electrons. The largest absolute Gasteiger partial charge is 0.324 e. The molecule has 1 atom stereocenters. The van der Waals surface area contributed by atoms with E-state index in [9.17, 15) is 19.3 Å². The summed E-state index contributed by atoms with van der Waals surface area (Å²) in [6, 6.07) is 2.40. The quantitative estimate of drug-likeness (QED) is 0.631. The third kappa shape index (κ3) is 3.24. The average molecular weight is 255 g/mol. The number of rotatable bonds is 4. The van der Waals surface area contributed by atoms with Crippen LogP contribution in [0.25, 0.3) is 0 Å². The normalized spacial score (nSPS) is 12.3. The second kappa shape index (κ2) is 5.54. The van der Waals surface area contributed by atoms with E-state index in [1.54, 1.807) is 13.8 Å². The topological polar surface area (TPSA) is 98.3 Å². The summed E-state index contributed by atoms with van der Waals surface area (Å²) in [6.07, 6.45) is 0. The third-order valence-electron chi connectivity index (χ3n) is 2.43. The van der Waals surface area contributed by atoms with Gasteiger partial charge in [-0.05, 0) is 18.1 Å². The van der Waals surface area contributed by atoms with Gasteiger partial charge in [0.05, 0.1) is 11.0 Å². The van der Waals surface area contributed by atoms with Gasteiger partial charge in [0.2, 0.25) is 11.7 Å². The molecule has 0 aliphatic carbocycles. The van der Waals surface area contributed by atoms with Crippen molar-refractivity contribution in [1.82, 2.24) is 0 Å². The highest BCUT2D eigenvalue weighted by atomic mass is 19.1. The van der Waals surface area contributed by atoms with Gasteiger partial charge >= 0.3 is 5.69 Å². The molecule has 18 heavy (non-hydrogen) atoms. The average Bonchev–Trinajstić information content (AvgIpc) is 2.29. The van der Waals surface area contributed by atoms with Crippen molar-refractivity contribution < 1.29 is 14.1 Å². The molecule has 0 aliphatic heterocycles. The van der Waals surface area contributed by atoms with Gasteiger partial charge in [-0.3, -0.25) is 14.9 Å². The second-order valence-corrected chi connectivity index (χ2v) is 4.18. The van der Waals surface area contributed by atoms with Gasteiger partial charge in [0.25, 0.3) is 0 Å². The van der Waals surface area contributed by atoms with Crippen LogP contribution in [0.15, 0.2) is 18.2 Å². The number of nitro groups is 1. The predicted molar refractivity (Wildman–Crippen MR) is 64.5 cm³/mol. The van der Waals surface area contributed by atoms with Crippen LogP contribution in [-0.4, -0.2) is 16.9 Å². The lowest BCUT2D eigenvalue weighted by molar-refractivity contribution is -0.387. The number of carbonyl (C=O) groups is 1. The standard InChI is InChI=1S/C11H14FN3O3/c1-6(2)10(13)11(16)14-7-3-4-8(12)9(5-7)15(17)18/h3-6,10H,13H2,1-2H3,(H,14,16)/t10-/m0/s1. The number of halogens is 1. The minimum atomic E-state index is -0.953. The molecule has 0 unspecified atom stereocenters. The predicted octanol–water partition coefficient (Wildman–Crippen LogP) is 1.66. The molecule has 6 nitrogen and oxygen atoms in total. The summed E-state index contributed by atoms with van der Waals surface area (Å²) in [5.74, 6) is -1.49. The molecule has 0 spiro atoms. The molecule has 1 aromatic rings. The van der Waals surface area contributed by atoms with Crippen LogP contribution in [0.4, 0.5) is 15.8 Å². The molecule has 0 bridgehead atoms. The molecule has 0 aliphatic rings. The van der Waals surface area contributed by atoms with E-state index in [4.69, 9.17) is 5.73 Å². The lowest BCUT2D eigenvalue weighted by Crippen LogP contribution is -2.39. The number of hydrogen-bond acceptors (Lipinski definition) is 4. The number of amides is 1. The highest BCUT2D eigenvalue weighted by molar-refractivity contribution is 5.95. The molecule has 0 heterocycles. The fourth-order valence-corrected chi connectivity index (χ4v) is 1.26. The van der Waals surface area contributed by atoms with E-state index in [-0.39, 0.29) is 11.6 Å². The van der Waals surface area contributed by atoms with Crippen LogP contribution in [0.1, 0.15) is 13.8 Å². The van der Waals surface area contributed by atoms with E-state index in [2.05, 4.69) is 5.32 Å². The minimum Gasteiger partial charge on any atom is -0.324 e. The summed E-state index contributed by atoms with van der Waals surface area (Å²) in [5.41, 5.74) is 5.07. The van der Waals surface area contributed by atoms with Crippen molar-refractivity contribution in [2.45, 2.75) is 19.9 Å². The van der Waals surface area contributed by atoms with E-state index in [0.717, 1.165) is 12.1 Å². The Balaban J connectivity index is 2.89. The second-order valence-electron chi connectivity index (χ2n) is 4.18. The molecular formula is C11H14FN3O3. The van der Waals surface area contributed by atoms with Gasteiger partial charge < -0.3 is 11.1 Å². The Morgan fingerprint density at radius 3 is 2.61 bits per heavy atom. The summed E-state index contributed by atoms with van der Waals surface area (Å²) in [7, 11) is 0. The van der Waals surface area contributed by atoms with Crippen LogP contribution < -0.4 is 11.1 Å². The maximum atomic E-state index is 13.1. The van der Waals surface area contributed by atoms with Crippen LogP contribution >= 0.6 is 0 Å². The van der Waals surface area contributed by atoms with Gasteiger partial charge in [-0.1, -0.05) is 13.8 Å². The molecule has 0 saturated carbocycles. The molecule has 0 aromatic heterocycles. The Morgan fingerprint density at radius 2 is 2.11 bits per heavy atom. The number of anilines is 1. The fourth-order valence-electron chi connectivity index (χ4n) is 1.26. The first-order valence-corrected chi connectivity index (χ1v) is 5.33. The van der Waals surface area contributed by atoms with Gasteiger partial charge in [-0.2, -0.15) is 4.39 Å². The lowest BCUT2D eigenvalue weighted by Gasteiger charge is -2.15. The van der Waals surface area contributed by atoms with Crippen LogP contribution in [0.5, 0.6) is 0 Å². The fraction of sp³-hybridized carbons (Fsp3) is 0.364. The maximum absolute atomic E-state index is 13.1. The van der Waals surface area contributed by atoms with Crippen LogP contribution in [0, 0.1) is 21.8 Å². The maximum Gasteiger partial charge on any atom is 0.306 e. The molecule has 1 aromatic carbocycles. The summed E-state index contributed by atoms with van der Waals surface area (Å²) in [6.45, 7) is 3.55. The third-order valence-corrected chi connectivity index (χ3v) is 2.43. The Hall–Kier alpha value is -2.02. The number of nitrogens with two attached hydrogens (primary N) is 1. The smallest absolute Gasteiger partial charge is 0.306 e. The van der Waals surface area contributed by atoms with E-state index in [1.807, 2.05) is 0 Å². The number of nitrogens with zero attached hydrogens (tertiary/aromatic N) is 1. The van der Waals surface area contributed by atoms with Crippen molar-refractivity contribution in [2.24, 2.45) is 11.7 Å². The summed E-state index contributed by atoms with van der Waals surface area (Å²) in [4.78, 5) is 21.3. The zero-order valence-corrected chi connectivity index (χ0v) is 10.0. The zero-order valence-electron chi connectivity index (χ0n) is 10.0. The van der Waals surface area contributed by atoms with Crippen molar-refractivity contribution in [1.29, 1.82) is 0 Å². The highest BCUT2D eigenvalue weighted by Gasteiger charge is 2.19. The van der Waals surface area contributed by atoms with E-state index in [1.165, 1.54) is 6.07 Å². The van der Waals surface area contributed by atoms with E-state index in [0.29, 0.717) is 0 Å². The van der Waals surface area contributed by atoms with Gasteiger partial charge in [0.1, 0.15) is 0 Å². The minimum absolute atomic E-state index is 0.0690. The summed E-state index contributed by atoms with van der Waals surface area (Å²) < 4.78 is 13.1. The Kier molecular flexibility index (Phi) is 4.33. The molecule has 98 valence electrons. The Labute approximate surface area is 103 Å². The highest BCUT2D eigenvalue weighted by Crippen LogP contribution is 2.21. The zero-order chi connectivity index (χ0) is 13.9. The molecule has 0 saturated heterocycles. The van der Waals surface area contributed by atoms with Crippen molar-refractivity contribution in [3.8, 4) is 0 Å². The lowest BCUT2D eigenvalue weighted by atomic mass is 10.0. The number of nitrogens with one attached hydrogen (secondary N) is 1. The van der Waals surface area contributed by atoms with Crippen molar-refractivity contribution in [3.05, 3.63) is 34.1 Å². The number of carbonyl (C=O) groups excluding carboxylic acids is 1. The molecule has 0 fully saturated rings. The van der Waals surface area contributed by atoms with Crippen LogP contribution in [-0.2, 0) is 4.79 Å². The Bertz CT molecular complexity index is 477. The molecule has 1 rings (SSSR count). The van der Waals surface area contributed by atoms with Crippen molar-refractivity contribution >= 4 is 17.3 Å². The number of benzene rings is 1. The molecule has 7 heteroatoms. The first-order chi connectivity index (χ1) is 8.32. The first kappa shape index (κ1) is 14.0. The number of hydrogen-bond donors (Lipinski definition) is 2. The molecule has 3 N–H and O–H groups in total. The first-order valence-electron chi connectivity index (χ1n) is 5.33. The van der Waals surface area contributed by atoms with Gasteiger partial charge in [-0.15, -0.1) is 0 Å². The molecular weight excluding hydrogens is 241 g/mol. The van der Waals surface area contributed by atoms with E-state index >= 15 is 0 Å². The monoisotopic (exact) mass is 255 g/mol. The Morgan fingerprint density at radius 1 is 1.50 bits per heavy atom. The van der Waals surface area contributed by atoms with E-state index < -0.39 is 28.4 Å². The van der Waals surface area contributed by atoms with Crippen LogP contribution in [0.2, 0.25) is 0 Å².